The molecule has 2 aliphatic rings. The van der Waals surface area contributed by atoms with Crippen LogP contribution in [0.1, 0.15) is 32.1 Å². The number of likely N-dealkylation sites (tertiary alicyclic amines) is 1. The summed E-state index contributed by atoms with van der Waals surface area (Å²) < 4.78 is 0. The molecule has 0 spiro atoms. The molecule has 0 aromatic heterocycles. The second-order valence-corrected chi connectivity index (χ2v) is 5.91. The summed E-state index contributed by atoms with van der Waals surface area (Å²) >= 11 is 0. The van der Waals surface area contributed by atoms with Crippen LogP contribution in [0.15, 0.2) is 24.3 Å². The summed E-state index contributed by atoms with van der Waals surface area (Å²) in [5.41, 5.74) is 7.93. The van der Waals surface area contributed by atoms with Gasteiger partial charge in [0.15, 0.2) is 0 Å². The molecule has 0 atom stereocenters. The van der Waals surface area contributed by atoms with Crippen molar-refractivity contribution in [3.05, 3.63) is 24.3 Å². The van der Waals surface area contributed by atoms with Crippen LogP contribution in [0.2, 0.25) is 0 Å². The molecule has 0 amide bonds. The first-order valence-electron chi connectivity index (χ1n) is 7.67. The van der Waals surface area contributed by atoms with Crippen molar-refractivity contribution in [1.29, 1.82) is 0 Å². The molecule has 2 fully saturated rings. The fourth-order valence-corrected chi connectivity index (χ4v) is 3.46. The Kier molecular flexibility index (Phi) is 3.92. The summed E-state index contributed by atoms with van der Waals surface area (Å²) in [5, 5.41) is 0. The van der Waals surface area contributed by atoms with E-state index in [9.17, 15) is 0 Å². The molecule has 0 bridgehead atoms. The lowest BCUT2D eigenvalue weighted by Crippen LogP contribution is -2.46. The minimum absolute atomic E-state index is 0.824. The van der Waals surface area contributed by atoms with E-state index in [1.165, 1.54) is 64.0 Å². The summed E-state index contributed by atoms with van der Waals surface area (Å²) in [7, 11) is 0. The number of hydrogen-bond donors (Lipinski definition) is 1. The lowest BCUT2D eigenvalue weighted by molar-refractivity contribution is 0.141. The number of nitrogens with zero attached hydrogens (tertiary/aromatic N) is 2. The van der Waals surface area contributed by atoms with Gasteiger partial charge in [0, 0.05) is 30.5 Å². The van der Waals surface area contributed by atoms with E-state index in [0.717, 1.165) is 11.7 Å². The number of nitrogen functional groups attached to an aromatic ring is 1. The number of nitrogens with two attached hydrogens (primary N) is 1. The molecule has 0 unspecified atom stereocenters. The molecule has 3 rings (SSSR count). The predicted molar refractivity (Wildman–Crippen MR) is 81.5 cm³/mol. The van der Waals surface area contributed by atoms with Crippen molar-refractivity contribution in [3.63, 3.8) is 0 Å². The molecule has 104 valence electrons. The van der Waals surface area contributed by atoms with E-state index < -0.39 is 0 Å². The van der Waals surface area contributed by atoms with Gasteiger partial charge in [-0.3, -0.25) is 0 Å². The van der Waals surface area contributed by atoms with E-state index in [0.29, 0.717) is 0 Å². The van der Waals surface area contributed by atoms with Gasteiger partial charge in [-0.15, -0.1) is 0 Å². The van der Waals surface area contributed by atoms with Crippen LogP contribution in [-0.2, 0) is 0 Å². The zero-order chi connectivity index (χ0) is 13.1. The SMILES string of the molecule is Nc1ccc(N2CCC(N3CCCCC3)CC2)cc1. The van der Waals surface area contributed by atoms with Crippen molar-refractivity contribution in [2.45, 2.75) is 38.1 Å². The molecule has 3 nitrogen and oxygen atoms in total. The molecule has 19 heavy (non-hydrogen) atoms. The molecule has 2 aliphatic heterocycles. The van der Waals surface area contributed by atoms with Crippen molar-refractivity contribution in [2.24, 2.45) is 0 Å². The van der Waals surface area contributed by atoms with Gasteiger partial charge in [0.05, 0.1) is 0 Å². The van der Waals surface area contributed by atoms with E-state index >= 15 is 0 Å². The largest absolute Gasteiger partial charge is 0.399 e. The van der Waals surface area contributed by atoms with Gasteiger partial charge in [-0.25, -0.2) is 0 Å². The van der Waals surface area contributed by atoms with Crippen LogP contribution in [-0.4, -0.2) is 37.1 Å². The van der Waals surface area contributed by atoms with Gasteiger partial charge in [0.25, 0.3) is 0 Å². The molecule has 2 heterocycles. The first-order valence-corrected chi connectivity index (χ1v) is 7.67. The van der Waals surface area contributed by atoms with Crippen molar-refractivity contribution >= 4 is 11.4 Å². The maximum absolute atomic E-state index is 5.75. The third-order valence-corrected chi connectivity index (χ3v) is 4.63. The summed E-state index contributed by atoms with van der Waals surface area (Å²) in [6.07, 6.45) is 6.85. The van der Waals surface area contributed by atoms with Crippen LogP contribution in [0.5, 0.6) is 0 Å². The van der Waals surface area contributed by atoms with E-state index in [1.54, 1.807) is 0 Å². The number of hydrogen-bond acceptors (Lipinski definition) is 3. The molecule has 1 aromatic carbocycles. The second kappa shape index (κ2) is 5.83. The number of anilines is 2. The maximum atomic E-state index is 5.75. The fourth-order valence-electron chi connectivity index (χ4n) is 3.46. The standard InChI is InChI=1S/C16H25N3/c17-14-4-6-15(7-5-14)19-12-8-16(9-13-19)18-10-2-1-3-11-18/h4-7,16H,1-3,8-13,17H2. The van der Waals surface area contributed by atoms with Gasteiger partial charge in [-0.1, -0.05) is 6.42 Å². The molecule has 2 N–H and O–H groups in total. The molecule has 0 radical (unpaired) electrons. The molecular formula is C16H25N3. The highest BCUT2D eigenvalue weighted by molar-refractivity contribution is 5.53. The number of piperidine rings is 2. The zero-order valence-corrected chi connectivity index (χ0v) is 11.7. The van der Waals surface area contributed by atoms with Crippen LogP contribution >= 0.6 is 0 Å². The summed E-state index contributed by atoms with van der Waals surface area (Å²) in [6.45, 7) is 5.02. The Morgan fingerprint density at radius 2 is 1.47 bits per heavy atom. The average Bonchev–Trinajstić information content (AvgIpc) is 2.49. The van der Waals surface area contributed by atoms with Crippen LogP contribution in [0.4, 0.5) is 11.4 Å². The predicted octanol–water partition coefficient (Wildman–Crippen LogP) is 2.72. The van der Waals surface area contributed by atoms with Gasteiger partial charge >= 0.3 is 0 Å². The van der Waals surface area contributed by atoms with Gasteiger partial charge < -0.3 is 15.5 Å². The smallest absolute Gasteiger partial charge is 0.0367 e. The van der Waals surface area contributed by atoms with E-state index in [1.807, 2.05) is 12.1 Å². The first-order chi connectivity index (χ1) is 9.33. The Morgan fingerprint density at radius 1 is 0.842 bits per heavy atom. The Morgan fingerprint density at radius 3 is 2.11 bits per heavy atom. The topological polar surface area (TPSA) is 32.5 Å². The van der Waals surface area contributed by atoms with E-state index in [-0.39, 0.29) is 0 Å². The molecule has 0 saturated carbocycles. The third-order valence-electron chi connectivity index (χ3n) is 4.63. The van der Waals surface area contributed by atoms with Gasteiger partial charge in [-0.2, -0.15) is 0 Å². The average molecular weight is 259 g/mol. The lowest BCUT2D eigenvalue weighted by atomic mass is 9.99. The van der Waals surface area contributed by atoms with Gasteiger partial charge in [-0.05, 0) is 63.0 Å². The Hall–Kier alpha value is -1.22. The van der Waals surface area contributed by atoms with Crippen LogP contribution in [0.25, 0.3) is 0 Å². The van der Waals surface area contributed by atoms with Gasteiger partial charge in [0.1, 0.15) is 0 Å². The van der Waals surface area contributed by atoms with Crippen molar-refractivity contribution in [3.8, 4) is 0 Å². The highest BCUT2D eigenvalue weighted by atomic mass is 15.2. The molecule has 0 aliphatic carbocycles. The van der Waals surface area contributed by atoms with E-state index in [4.69, 9.17) is 5.73 Å². The quantitative estimate of drug-likeness (QED) is 0.829. The zero-order valence-electron chi connectivity index (χ0n) is 11.7. The Bertz CT molecular complexity index is 387. The molecular weight excluding hydrogens is 234 g/mol. The van der Waals surface area contributed by atoms with Crippen molar-refractivity contribution in [2.75, 3.05) is 36.8 Å². The highest BCUT2D eigenvalue weighted by Crippen LogP contribution is 2.25. The highest BCUT2D eigenvalue weighted by Gasteiger charge is 2.25. The first kappa shape index (κ1) is 12.8. The van der Waals surface area contributed by atoms with Crippen LogP contribution < -0.4 is 10.6 Å². The normalized spacial score (nSPS) is 22.6. The number of benzene rings is 1. The number of rotatable bonds is 2. The summed E-state index contributed by atoms with van der Waals surface area (Å²) in [4.78, 5) is 5.23. The monoisotopic (exact) mass is 259 g/mol. The van der Waals surface area contributed by atoms with Crippen molar-refractivity contribution < 1.29 is 0 Å². The third kappa shape index (κ3) is 3.03. The minimum Gasteiger partial charge on any atom is -0.399 e. The van der Waals surface area contributed by atoms with E-state index in [2.05, 4.69) is 21.9 Å². The lowest BCUT2D eigenvalue weighted by Gasteiger charge is -2.41. The molecule has 2 saturated heterocycles. The van der Waals surface area contributed by atoms with Crippen LogP contribution in [0, 0.1) is 0 Å². The maximum Gasteiger partial charge on any atom is 0.0367 e. The van der Waals surface area contributed by atoms with Crippen molar-refractivity contribution in [1.82, 2.24) is 4.90 Å². The molecule has 1 aromatic rings. The Labute approximate surface area is 116 Å². The van der Waals surface area contributed by atoms with Crippen LogP contribution in [0.3, 0.4) is 0 Å². The Balaban J connectivity index is 1.55. The second-order valence-electron chi connectivity index (χ2n) is 5.91. The fraction of sp³-hybridized carbons (Fsp3) is 0.625. The summed E-state index contributed by atoms with van der Waals surface area (Å²) in [5.74, 6) is 0. The van der Waals surface area contributed by atoms with Gasteiger partial charge in [0.2, 0.25) is 0 Å². The minimum atomic E-state index is 0.824. The molecule has 3 heteroatoms. The summed E-state index contributed by atoms with van der Waals surface area (Å²) in [6, 6.07) is 9.14.